The maximum Gasteiger partial charge on any atom is 0.239 e. The number of fused-ring (bicyclic) bond motifs is 1. The van der Waals surface area contributed by atoms with Crippen LogP contribution in [0.4, 0.5) is 5.69 Å². The largest absolute Gasteiger partial charge is 0.259 e. The summed E-state index contributed by atoms with van der Waals surface area (Å²) in [6.07, 6.45) is 4.41. The minimum absolute atomic E-state index is 0.0990. The van der Waals surface area contributed by atoms with Crippen molar-refractivity contribution in [2.75, 3.05) is 10.1 Å². The van der Waals surface area contributed by atoms with Crippen LogP contribution < -0.4 is 4.31 Å². The van der Waals surface area contributed by atoms with Crippen molar-refractivity contribution in [3.05, 3.63) is 58.3 Å². The predicted molar refractivity (Wildman–Crippen MR) is 94.5 cm³/mol. The summed E-state index contributed by atoms with van der Waals surface area (Å²) in [5.74, 6) is 0.0990. The molecule has 0 aliphatic carbocycles. The zero-order chi connectivity index (χ0) is 16.3. The fourth-order valence-corrected chi connectivity index (χ4v) is 4.40. The first-order valence-corrected chi connectivity index (χ1v) is 9.88. The van der Waals surface area contributed by atoms with Gasteiger partial charge in [0, 0.05) is 29.8 Å². The lowest BCUT2D eigenvalue weighted by molar-refractivity contribution is 0.594. The van der Waals surface area contributed by atoms with Crippen LogP contribution in [-0.4, -0.2) is 25.4 Å². The molecule has 2 heterocycles. The van der Waals surface area contributed by atoms with Crippen LogP contribution in [0.5, 0.6) is 0 Å². The van der Waals surface area contributed by atoms with Crippen molar-refractivity contribution in [1.29, 1.82) is 0 Å². The van der Waals surface area contributed by atoms with Gasteiger partial charge in [0.2, 0.25) is 10.0 Å². The van der Waals surface area contributed by atoms with E-state index in [-0.39, 0.29) is 5.75 Å². The number of sulfonamides is 1. The number of rotatable bonds is 5. The third-order valence-electron chi connectivity index (χ3n) is 3.42. The predicted octanol–water partition coefficient (Wildman–Crippen LogP) is 3.21. The van der Waals surface area contributed by atoms with Gasteiger partial charge in [0.15, 0.2) is 0 Å². The van der Waals surface area contributed by atoms with Gasteiger partial charge in [-0.05, 0) is 12.5 Å². The molecule has 7 heteroatoms. The normalized spacial score (nSPS) is 14.3. The lowest BCUT2D eigenvalue weighted by atomic mass is 10.2. The molecular formula is C16H17N3O2S2. The number of nitrogens with zero attached hydrogens (tertiary/aromatic N) is 3. The molecule has 0 unspecified atom stereocenters. The number of benzene rings is 1. The molecule has 0 amide bonds. The van der Waals surface area contributed by atoms with Gasteiger partial charge < -0.3 is 0 Å². The van der Waals surface area contributed by atoms with Gasteiger partial charge in [0.05, 0.1) is 28.3 Å². The third kappa shape index (κ3) is 3.51. The lowest BCUT2D eigenvalue weighted by Gasteiger charge is -2.21. The standard InChI is InChI=1S/C16H17N3O2S2/c1-2-7-23(20,21)19-10-14(8-15-11-22-12-18-15)17-9-13-5-3-4-6-16(13)19/h3-6,9-12H,2,7-8H2,1H3. The van der Waals surface area contributed by atoms with Crippen LogP contribution in [0.3, 0.4) is 0 Å². The molecule has 2 aromatic rings. The molecule has 0 N–H and O–H groups in total. The van der Waals surface area contributed by atoms with Gasteiger partial charge in [0.1, 0.15) is 0 Å². The molecule has 1 aliphatic heterocycles. The topological polar surface area (TPSA) is 62.6 Å². The summed E-state index contributed by atoms with van der Waals surface area (Å²) >= 11 is 1.51. The molecule has 0 fully saturated rings. The SMILES string of the molecule is CCCS(=O)(=O)N1C=C(Cc2cscn2)N=Cc2ccccc21. The summed E-state index contributed by atoms with van der Waals surface area (Å²) < 4.78 is 26.7. The number of aromatic nitrogens is 1. The number of anilines is 1. The van der Waals surface area contributed by atoms with E-state index in [1.807, 2.05) is 30.5 Å². The Morgan fingerprint density at radius 1 is 1.26 bits per heavy atom. The first-order chi connectivity index (χ1) is 11.1. The summed E-state index contributed by atoms with van der Waals surface area (Å²) in [6, 6.07) is 7.38. The van der Waals surface area contributed by atoms with E-state index in [2.05, 4.69) is 9.98 Å². The molecule has 0 bridgehead atoms. The van der Waals surface area contributed by atoms with E-state index in [4.69, 9.17) is 0 Å². The number of hydrogen-bond donors (Lipinski definition) is 0. The van der Waals surface area contributed by atoms with Crippen molar-refractivity contribution < 1.29 is 8.42 Å². The summed E-state index contributed by atoms with van der Waals surface area (Å²) in [6.45, 7) is 1.86. The first kappa shape index (κ1) is 15.9. The fourth-order valence-electron chi connectivity index (χ4n) is 2.38. The zero-order valence-corrected chi connectivity index (χ0v) is 14.3. The van der Waals surface area contributed by atoms with E-state index >= 15 is 0 Å². The van der Waals surface area contributed by atoms with Crippen LogP contribution in [0.2, 0.25) is 0 Å². The summed E-state index contributed by atoms with van der Waals surface area (Å²) in [4.78, 5) is 8.71. The Labute approximate surface area is 140 Å². The van der Waals surface area contributed by atoms with Gasteiger partial charge in [-0.15, -0.1) is 11.3 Å². The molecule has 1 aromatic carbocycles. The number of thiazole rings is 1. The van der Waals surface area contributed by atoms with Crippen LogP contribution in [0.1, 0.15) is 24.6 Å². The molecule has 0 atom stereocenters. The number of aliphatic imine (C=N–C) groups is 1. The number of hydrogen-bond acceptors (Lipinski definition) is 5. The highest BCUT2D eigenvalue weighted by atomic mass is 32.2. The highest BCUT2D eigenvalue weighted by Gasteiger charge is 2.24. The van der Waals surface area contributed by atoms with Crippen LogP contribution in [0, 0.1) is 0 Å². The summed E-state index contributed by atoms with van der Waals surface area (Å²) in [5, 5.41) is 1.94. The minimum atomic E-state index is -3.42. The Bertz CT molecular complexity index is 840. The molecule has 0 saturated heterocycles. The second kappa shape index (κ2) is 6.64. The Morgan fingerprint density at radius 3 is 2.83 bits per heavy atom. The second-order valence-electron chi connectivity index (χ2n) is 5.21. The van der Waals surface area contributed by atoms with E-state index in [1.54, 1.807) is 24.0 Å². The van der Waals surface area contributed by atoms with Crippen molar-refractivity contribution in [1.82, 2.24) is 4.98 Å². The van der Waals surface area contributed by atoms with Gasteiger partial charge in [0.25, 0.3) is 0 Å². The van der Waals surface area contributed by atoms with E-state index < -0.39 is 10.0 Å². The molecule has 3 rings (SSSR count). The van der Waals surface area contributed by atoms with Crippen molar-refractivity contribution in [3.8, 4) is 0 Å². The van der Waals surface area contributed by atoms with Gasteiger partial charge in [-0.25, -0.2) is 17.7 Å². The van der Waals surface area contributed by atoms with E-state index in [9.17, 15) is 8.42 Å². The Morgan fingerprint density at radius 2 is 2.09 bits per heavy atom. The van der Waals surface area contributed by atoms with E-state index in [0.29, 0.717) is 24.2 Å². The minimum Gasteiger partial charge on any atom is -0.259 e. The second-order valence-corrected chi connectivity index (χ2v) is 7.89. The molecule has 120 valence electrons. The third-order valence-corrected chi connectivity index (χ3v) is 5.88. The quantitative estimate of drug-likeness (QED) is 0.834. The highest BCUT2D eigenvalue weighted by Crippen LogP contribution is 2.27. The lowest BCUT2D eigenvalue weighted by Crippen LogP contribution is -2.28. The van der Waals surface area contributed by atoms with E-state index in [1.165, 1.54) is 15.6 Å². The van der Waals surface area contributed by atoms with Gasteiger partial charge in [-0.3, -0.25) is 4.99 Å². The van der Waals surface area contributed by atoms with Crippen molar-refractivity contribution >= 4 is 33.3 Å². The van der Waals surface area contributed by atoms with Crippen molar-refractivity contribution in [3.63, 3.8) is 0 Å². The van der Waals surface area contributed by atoms with E-state index in [0.717, 1.165) is 11.3 Å². The van der Waals surface area contributed by atoms with Gasteiger partial charge in [-0.2, -0.15) is 0 Å². The Hall–Kier alpha value is -1.99. The summed E-state index contributed by atoms with van der Waals surface area (Å²) in [7, 11) is -3.42. The molecule has 0 saturated carbocycles. The van der Waals surface area contributed by atoms with Gasteiger partial charge in [-0.1, -0.05) is 25.1 Å². The smallest absolute Gasteiger partial charge is 0.239 e. The Kier molecular flexibility index (Phi) is 4.58. The molecular weight excluding hydrogens is 330 g/mol. The van der Waals surface area contributed by atoms with Crippen LogP contribution in [0.15, 0.2) is 52.0 Å². The average Bonchev–Trinajstić information content (AvgIpc) is 2.95. The first-order valence-electron chi connectivity index (χ1n) is 7.33. The molecule has 5 nitrogen and oxygen atoms in total. The maximum absolute atomic E-state index is 12.7. The zero-order valence-electron chi connectivity index (χ0n) is 12.7. The molecule has 1 aromatic heterocycles. The molecule has 0 spiro atoms. The Balaban J connectivity index is 2.05. The van der Waals surface area contributed by atoms with Crippen LogP contribution in [-0.2, 0) is 16.4 Å². The maximum atomic E-state index is 12.7. The number of para-hydroxylation sites is 1. The van der Waals surface area contributed by atoms with Crippen LogP contribution >= 0.6 is 11.3 Å². The molecule has 0 radical (unpaired) electrons. The monoisotopic (exact) mass is 347 g/mol. The van der Waals surface area contributed by atoms with Crippen LogP contribution in [0.25, 0.3) is 0 Å². The highest BCUT2D eigenvalue weighted by molar-refractivity contribution is 7.92. The molecule has 1 aliphatic rings. The summed E-state index contributed by atoms with van der Waals surface area (Å²) in [5.41, 5.74) is 4.75. The average molecular weight is 347 g/mol. The number of allylic oxidation sites excluding steroid dienone is 1. The fraction of sp³-hybridized carbons (Fsp3) is 0.250. The van der Waals surface area contributed by atoms with Crippen molar-refractivity contribution in [2.45, 2.75) is 19.8 Å². The van der Waals surface area contributed by atoms with Gasteiger partial charge >= 0.3 is 0 Å². The van der Waals surface area contributed by atoms with Crippen molar-refractivity contribution in [2.24, 2.45) is 4.99 Å². The molecule has 23 heavy (non-hydrogen) atoms.